The van der Waals surface area contributed by atoms with E-state index in [1.54, 1.807) is 7.11 Å². The molecule has 0 saturated carbocycles. The van der Waals surface area contributed by atoms with Crippen LogP contribution in [0.3, 0.4) is 0 Å². The fourth-order valence-electron chi connectivity index (χ4n) is 2.77. The van der Waals surface area contributed by atoms with Gasteiger partial charge in [-0.05, 0) is 56.1 Å². The summed E-state index contributed by atoms with van der Waals surface area (Å²) >= 11 is 0. The minimum Gasteiger partial charge on any atom is -0.383 e. The summed E-state index contributed by atoms with van der Waals surface area (Å²) in [4.78, 5) is 2.11. The van der Waals surface area contributed by atoms with Gasteiger partial charge in [-0.3, -0.25) is 0 Å². The number of hydrogen-bond acceptors (Lipinski definition) is 4. The van der Waals surface area contributed by atoms with E-state index in [9.17, 15) is 21.6 Å². The molecule has 1 N–H and O–H groups in total. The van der Waals surface area contributed by atoms with Crippen LogP contribution in [0.1, 0.15) is 18.4 Å². The minimum atomic E-state index is -4.48. The van der Waals surface area contributed by atoms with Crippen molar-refractivity contribution in [2.45, 2.75) is 23.9 Å². The third-order valence-corrected chi connectivity index (χ3v) is 5.81. The smallest absolute Gasteiger partial charge is 0.383 e. The van der Waals surface area contributed by atoms with E-state index >= 15 is 0 Å². The van der Waals surface area contributed by atoms with Crippen molar-refractivity contribution >= 4 is 10.0 Å². The molecule has 0 radical (unpaired) electrons. The molecule has 1 saturated heterocycles. The van der Waals surface area contributed by atoms with E-state index in [2.05, 4.69) is 9.62 Å². The average molecular weight is 380 g/mol. The van der Waals surface area contributed by atoms with Crippen molar-refractivity contribution in [3.8, 4) is 0 Å². The molecule has 0 bridgehead atoms. The van der Waals surface area contributed by atoms with Gasteiger partial charge in [0.15, 0.2) is 0 Å². The van der Waals surface area contributed by atoms with E-state index in [1.807, 2.05) is 0 Å². The number of benzene rings is 1. The highest BCUT2D eigenvalue weighted by Gasteiger charge is 2.30. The molecule has 5 nitrogen and oxygen atoms in total. The van der Waals surface area contributed by atoms with Gasteiger partial charge in [-0.15, -0.1) is 0 Å². The van der Waals surface area contributed by atoms with Crippen LogP contribution in [0.2, 0.25) is 0 Å². The summed E-state index contributed by atoms with van der Waals surface area (Å²) in [6.45, 7) is 3.60. The second-order valence-corrected chi connectivity index (χ2v) is 7.92. The molecule has 0 amide bonds. The second kappa shape index (κ2) is 8.48. The van der Waals surface area contributed by atoms with E-state index < -0.39 is 21.8 Å². The van der Waals surface area contributed by atoms with Crippen LogP contribution in [0.25, 0.3) is 0 Å². The monoisotopic (exact) mass is 380 g/mol. The fourth-order valence-corrected chi connectivity index (χ4v) is 3.88. The van der Waals surface area contributed by atoms with Crippen molar-refractivity contribution in [2.75, 3.05) is 39.9 Å². The molecular weight excluding hydrogens is 357 g/mol. The zero-order chi connectivity index (χ0) is 18.5. The number of rotatable bonds is 7. The van der Waals surface area contributed by atoms with Gasteiger partial charge in [-0.25, -0.2) is 13.1 Å². The summed E-state index contributed by atoms with van der Waals surface area (Å²) in [5.41, 5.74) is -0.866. The quantitative estimate of drug-likeness (QED) is 0.789. The lowest BCUT2D eigenvalue weighted by Crippen LogP contribution is -2.39. The maximum atomic E-state index is 12.5. The van der Waals surface area contributed by atoms with Crippen LogP contribution in [0, 0.1) is 5.92 Å². The Bertz CT molecular complexity index is 640. The number of halogens is 3. The first-order valence-corrected chi connectivity index (χ1v) is 9.59. The number of nitrogens with one attached hydrogen (secondary N) is 1. The third-order valence-electron chi connectivity index (χ3n) is 4.37. The summed E-state index contributed by atoms with van der Waals surface area (Å²) in [6, 6.07) is 3.53. The number of likely N-dealkylation sites (tertiary alicyclic amines) is 1. The normalized spacial score (nSPS) is 17.8. The van der Waals surface area contributed by atoms with Crippen LogP contribution in [-0.2, 0) is 20.9 Å². The molecule has 0 atom stereocenters. The summed E-state index contributed by atoms with van der Waals surface area (Å²) in [5, 5.41) is 0. The molecule has 0 aliphatic carbocycles. The Morgan fingerprint density at radius 2 is 1.80 bits per heavy atom. The van der Waals surface area contributed by atoms with Crippen LogP contribution >= 0.6 is 0 Å². The number of ether oxygens (including phenoxy) is 1. The summed E-state index contributed by atoms with van der Waals surface area (Å²) < 4.78 is 69.6. The van der Waals surface area contributed by atoms with Crippen LogP contribution in [0.5, 0.6) is 0 Å². The SMILES string of the molecule is COCCN1CCC(CNS(=O)(=O)c2ccc(C(F)(F)F)cc2)CC1. The van der Waals surface area contributed by atoms with Crippen LogP contribution < -0.4 is 4.72 Å². The minimum absolute atomic E-state index is 0.155. The molecule has 1 aromatic carbocycles. The van der Waals surface area contributed by atoms with Gasteiger partial charge in [0.1, 0.15) is 0 Å². The standard InChI is InChI=1S/C16H23F3N2O3S/c1-24-11-10-21-8-6-13(7-9-21)12-20-25(22,23)15-4-2-14(3-5-15)16(17,18)19/h2-5,13,20H,6-12H2,1H3. The lowest BCUT2D eigenvalue weighted by Gasteiger charge is -2.31. The second-order valence-electron chi connectivity index (χ2n) is 6.15. The van der Waals surface area contributed by atoms with Gasteiger partial charge in [0.25, 0.3) is 0 Å². The summed E-state index contributed by atoms with van der Waals surface area (Å²) in [7, 11) is -2.15. The molecule has 1 aliphatic rings. The Morgan fingerprint density at radius 3 is 2.32 bits per heavy atom. The molecular formula is C16H23F3N2O3S. The van der Waals surface area contributed by atoms with Crippen LogP contribution in [-0.4, -0.2) is 53.2 Å². The molecule has 2 rings (SSSR count). The molecule has 142 valence electrons. The van der Waals surface area contributed by atoms with E-state index in [0.717, 1.165) is 56.7 Å². The largest absolute Gasteiger partial charge is 0.416 e. The van der Waals surface area contributed by atoms with Crippen molar-refractivity contribution in [3.05, 3.63) is 29.8 Å². The van der Waals surface area contributed by atoms with Crippen molar-refractivity contribution < 1.29 is 26.3 Å². The Hall–Kier alpha value is -1.16. The van der Waals surface area contributed by atoms with Crippen molar-refractivity contribution in [2.24, 2.45) is 5.92 Å². The topological polar surface area (TPSA) is 58.6 Å². The van der Waals surface area contributed by atoms with E-state index in [0.29, 0.717) is 13.2 Å². The molecule has 1 aliphatic heterocycles. The van der Waals surface area contributed by atoms with Crippen molar-refractivity contribution in [3.63, 3.8) is 0 Å². The highest BCUT2D eigenvalue weighted by molar-refractivity contribution is 7.89. The molecule has 1 heterocycles. The maximum Gasteiger partial charge on any atom is 0.416 e. The van der Waals surface area contributed by atoms with Gasteiger partial charge in [-0.2, -0.15) is 13.2 Å². The van der Waals surface area contributed by atoms with E-state index in [1.165, 1.54) is 0 Å². The Balaban J connectivity index is 1.86. The van der Waals surface area contributed by atoms with Gasteiger partial charge in [0.05, 0.1) is 17.1 Å². The van der Waals surface area contributed by atoms with Crippen molar-refractivity contribution in [1.29, 1.82) is 0 Å². The Labute approximate surface area is 146 Å². The zero-order valence-electron chi connectivity index (χ0n) is 14.1. The highest BCUT2D eigenvalue weighted by Crippen LogP contribution is 2.29. The van der Waals surface area contributed by atoms with Gasteiger partial charge in [0.2, 0.25) is 10.0 Å². The number of hydrogen-bond donors (Lipinski definition) is 1. The average Bonchev–Trinajstić information content (AvgIpc) is 2.58. The lowest BCUT2D eigenvalue weighted by atomic mass is 9.97. The van der Waals surface area contributed by atoms with Gasteiger partial charge in [0, 0.05) is 20.2 Å². The maximum absolute atomic E-state index is 12.5. The van der Waals surface area contributed by atoms with Crippen LogP contribution in [0.4, 0.5) is 13.2 Å². The molecule has 9 heteroatoms. The predicted octanol–water partition coefficient (Wildman–Crippen LogP) is 2.34. The molecule has 1 aromatic rings. The van der Waals surface area contributed by atoms with Gasteiger partial charge < -0.3 is 9.64 Å². The molecule has 25 heavy (non-hydrogen) atoms. The molecule has 1 fully saturated rings. The Kier molecular flexibility index (Phi) is 6.84. The number of piperidine rings is 1. The van der Waals surface area contributed by atoms with Crippen molar-refractivity contribution in [1.82, 2.24) is 9.62 Å². The summed E-state index contributed by atoms with van der Waals surface area (Å²) in [5.74, 6) is 0.225. The number of sulfonamides is 1. The fraction of sp³-hybridized carbons (Fsp3) is 0.625. The number of nitrogens with zero attached hydrogens (tertiary/aromatic N) is 1. The van der Waals surface area contributed by atoms with E-state index in [4.69, 9.17) is 4.74 Å². The number of alkyl halides is 3. The predicted molar refractivity (Wildman–Crippen MR) is 87.7 cm³/mol. The number of methoxy groups -OCH3 is 1. The Morgan fingerprint density at radius 1 is 1.20 bits per heavy atom. The molecule has 0 aromatic heterocycles. The summed E-state index contributed by atoms with van der Waals surface area (Å²) in [6.07, 6.45) is -2.73. The highest BCUT2D eigenvalue weighted by atomic mass is 32.2. The first kappa shape index (κ1) is 20.2. The van der Waals surface area contributed by atoms with Gasteiger partial charge >= 0.3 is 6.18 Å². The van der Waals surface area contributed by atoms with Gasteiger partial charge in [-0.1, -0.05) is 0 Å². The zero-order valence-corrected chi connectivity index (χ0v) is 14.9. The first-order chi connectivity index (χ1) is 11.7. The first-order valence-electron chi connectivity index (χ1n) is 8.10. The van der Waals surface area contributed by atoms with E-state index in [-0.39, 0.29) is 10.8 Å². The van der Waals surface area contributed by atoms with Crippen LogP contribution in [0.15, 0.2) is 29.2 Å². The molecule has 0 unspecified atom stereocenters. The lowest BCUT2D eigenvalue weighted by molar-refractivity contribution is -0.137. The molecule has 0 spiro atoms. The third kappa shape index (κ3) is 5.95.